The van der Waals surface area contributed by atoms with Gasteiger partial charge in [-0.1, -0.05) is 12.1 Å². The van der Waals surface area contributed by atoms with Gasteiger partial charge in [0.15, 0.2) is 5.75 Å². The van der Waals surface area contributed by atoms with Crippen molar-refractivity contribution in [1.29, 1.82) is 0 Å². The Bertz CT molecular complexity index is 758. The molecule has 0 amide bonds. The van der Waals surface area contributed by atoms with E-state index in [2.05, 4.69) is 4.74 Å². The second-order valence-electron chi connectivity index (χ2n) is 4.10. The van der Waals surface area contributed by atoms with Crippen LogP contribution in [0, 0.1) is 5.82 Å². The Kier molecular flexibility index (Phi) is 4.27. The maximum Gasteiger partial charge on any atom is 0.573 e. The largest absolute Gasteiger partial charge is 0.573 e. The summed E-state index contributed by atoms with van der Waals surface area (Å²) < 4.78 is 79.5. The lowest BCUT2D eigenvalue weighted by molar-refractivity contribution is -0.274. The van der Waals surface area contributed by atoms with E-state index >= 15 is 0 Å². The first kappa shape index (κ1) is 16.1. The SMILES string of the molecule is O=S(=O)(Nc1ccccc1OC(F)(F)F)c1ccc(F)cc1. The third kappa shape index (κ3) is 4.10. The molecule has 2 aromatic rings. The standard InChI is InChI=1S/C13H9F4NO3S/c14-9-5-7-10(8-6-9)22(19,20)18-11-3-1-2-4-12(11)21-13(15,16)17/h1-8,18H. The van der Waals surface area contributed by atoms with E-state index < -0.39 is 28.0 Å². The van der Waals surface area contributed by atoms with Crippen LogP contribution in [0.15, 0.2) is 53.4 Å². The molecular formula is C13H9F4NO3S. The van der Waals surface area contributed by atoms with Crippen molar-refractivity contribution in [3.63, 3.8) is 0 Å². The van der Waals surface area contributed by atoms with Gasteiger partial charge < -0.3 is 4.74 Å². The molecule has 0 heterocycles. The minimum atomic E-state index is -4.96. The van der Waals surface area contributed by atoms with Crippen molar-refractivity contribution in [2.24, 2.45) is 0 Å². The van der Waals surface area contributed by atoms with E-state index in [1.165, 1.54) is 12.1 Å². The summed E-state index contributed by atoms with van der Waals surface area (Å²) in [7, 11) is -4.17. The molecule has 118 valence electrons. The van der Waals surface area contributed by atoms with Gasteiger partial charge in [-0.2, -0.15) is 0 Å². The van der Waals surface area contributed by atoms with Crippen molar-refractivity contribution in [2.75, 3.05) is 4.72 Å². The summed E-state index contributed by atoms with van der Waals surface area (Å²) in [5.41, 5.74) is -0.385. The molecule has 0 unspecified atom stereocenters. The Morgan fingerprint density at radius 1 is 0.955 bits per heavy atom. The van der Waals surface area contributed by atoms with Crippen LogP contribution in [0.5, 0.6) is 5.75 Å². The van der Waals surface area contributed by atoms with Gasteiger partial charge in [0.25, 0.3) is 10.0 Å². The van der Waals surface area contributed by atoms with E-state index in [1.807, 2.05) is 4.72 Å². The van der Waals surface area contributed by atoms with Crippen LogP contribution in [-0.2, 0) is 10.0 Å². The average Bonchev–Trinajstić information content (AvgIpc) is 2.39. The molecule has 0 spiro atoms. The summed E-state index contributed by atoms with van der Waals surface area (Å²) in [6.45, 7) is 0. The number of rotatable bonds is 4. The lowest BCUT2D eigenvalue weighted by Crippen LogP contribution is -2.19. The van der Waals surface area contributed by atoms with Gasteiger partial charge in [0.2, 0.25) is 0 Å². The number of sulfonamides is 1. The predicted molar refractivity (Wildman–Crippen MR) is 70.3 cm³/mol. The van der Waals surface area contributed by atoms with Crippen molar-refractivity contribution in [1.82, 2.24) is 0 Å². The summed E-state index contributed by atoms with van der Waals surface area (Å²) in [6, 6.07) is 8.51. The highest BCUT2D eigenvalue weighted by Crippen LogP contribution is 2.31. The zero-order valence-electron chi connectivity index (χ0n) is 10.8. The fraction of sp³-hybridized carbons (Fsp3) is 0.0769. The normalized spacial score (nSPS) is 12.0. The quantitative estimate of drug-likeness (QED) is 0.870. The number of benzene rings is 2. The van der Waals surface area contributed by atoms with Gasteiger partial charge >= 0.3 is 6.36 Å². The zero-order valence-corrected chi connectivity index (χ0v) is 11.6. The Balaban J connectivity index is 2.32. The maximum absolute atomic E-state index is 12.8. The number of nitrogens with one attached hydrogen (secondary N) is 1. The van der Waals surface area contributed by atoms with E-state index in [0.717, 1.165) is 36.4 Å². The second kappa shape index (κ2) is 5.84. The first-order chi connectivity index (χ1) is 10.2. The van der Waals surface area contributed by atoms with Crippen molar-refractivity contribution in [2.45, 2.75) is 11.3 Å². The van der Waals surface area contributed by atoms with Crippen LogP contribution in [-0.4, -0.2) is 14.8 Å². The number of hydrogen-bond donors (Lipinski definition) is 1. The smallest absolute Gasteiger partial charge is 0.404 e. The van der Waals surface area contributed by atoms with Crippen molar-refractivity contribution in [3.05, 3.63) is 54.3 Å². The van der Waals surface area contributed by atoms with Crippen LogP contribution < -0.4 is 9.46 Å². The molecule has 0 aliphatic heterocycles. The van der Waals surface area contributed by atoms with Crippen molar-refractivity contribution in [3.8, 4) is 5.75 Å². The van der Waals surface area contributed by atoms with Crippen LogP contribution in [0.2, 0.25) is 0 Å². The van der Waals surface area contributed by atoms with E-state index in [-0.39, 0.29) is 10.6 Å². The molecule has 2 aromatic carbocycles. The molecule has 0 saturated carbocycles. The van der Waals surface area contributed by atoms with Gasteiger partial charge in [-0.15, -0.1) is 13.2 Å². The third-order valence-corrected chi connectivity index (χ3v) is 3.86. The summed E-state index contributed by atoms with van der Waals surface area (Å²) in [6.07, 6.45) is -4.96. The average molecular weight is 335 g/mol. The van der Waals surface area contributed by atoms with E-state index in [0.29, 0.717) is 0 Å². The summed E-state index contributed by atoms with van der Waals surface area (Å²) in [5.74, 6) is -1.33. The molecule has 9 heteroatoms. The second-order valence-corrected chi connectivity index (χ2v) is 5.79. The molecule has 0 radical (unpaired) electrons. The zero-order chi connectivity index (χ0) is 16.4. The number of hydrogen-bond acceptors (Lipinski definition) is 3. The lowest BCUT2D eigenvalue weighted by atomic mass is 10.3. The molecule has 0 aliphatic rings. The van der Waals surface area contributed by atoms with Gasteiger partial charge in [0.05, 0.1) is 10.6 Å². The molecule has 1 N–H and O–H groups in total. The Morgan fingerprint density at radius 2 is 1.55 bits per heavy atom. The number of para-hydroxylation sites is 2. The van der Waals surface area contributed by atoms with E-state index in [9.17, 15) is 26.0 Å². The predicted octanol–water partition coefficient (Wildman–Crippen LogP) is 3.53. The maximum atomic E-state index is 12.8. The molecule has 0 atom stereocenters. The molecule has 2 rings (SSSR count). The van der Waals surface area contributed by atoms with Crippen molar-refractivity contribution >= 4 is 15.7 Å². The highest BCUT2D eigenvalue weighted by Gasteiger charge is 2.32. The first-order valence-corrected chi connectivity index (χ1v) is 7.29. The van der Waals surface area contributed by atoms with Crippen LogP contribution in [0.4, 0.5) is 23.2 Å². The van der Waals surface area contributed by atoms with Gasteiger partial charge in [-0.05, 0) is 36.4 Å². The van der Waals surface area contributed by atoms with Gasteiger partial charge in [-0.3, -0.25) is 4.72 Å². The van der Waals surface area contributed by atoms with Gasteiger partial charge in [0.1, 0.15) is 5.82 Å². The highest BCUT2D eigenvalue weighted by atomic mass is 32.2. The fourth-order valence-corrected chi connectivity index (χ4v) is 2.65. The van der Waals surface area contributed by atoms with Crippen LogP contribution in [0.3, 0.4) is 0 Å². The molecule has 0 aromatic heterocycles. The van der Waals surface area contributed by atoms with E-state index in [4.69, 9.17) is 0 Å². The minimum Gasteiger partial charge on any atom is -0.404 e. The van der Waals surface area contributed by atoms with Crippen LogP contribution in [0.1, 0.15) is 0 Å². The molecule has 0 saturated heterocycles. The van der Waals surface area contributed by atoms with Crippen LogP contribution in [0.25, 0.3) is 0 Å². The topological polar surface area (TPSA) is 55.4 Å². The summed E-state index contributed by atoms with van der Waals surface area (Å²) >= 11 is 0. The first-order valence-electron chi connectivity index (χ1n) is 5.80. The Morgan fingerprint density at radius 3 is 2.14 bits per heavy atom. The molecule has 0 bridgehead atoms. The fourth-order valence-electron chi connectivity index (χ4n) is 1.58. The molecule has 22 heavy (non-hydrogen) atoms. The monoisotopic (exact) mass is 335 g/mol. The lowest BCUT2D eigenvalue weighted by Gasteiger charge is -2.14. The molecule has 0 aliphatic carbocycles. The molecule has 0 fully saturated rings. The molecular weight excluding hydrogens is 326 g/mol. The third-order valence-electron chi connectivity index (χ3n) is 2.48. The molecule has 4 nitrogen and oxygen atoms in total. The Hall–Kier alpha value is -2.29. The summed E-state index contributed by atoms with van der Waals surface area (Å²) in [5, 5.41) is 0. The number of anilines is 1. The number of ether oxygens (including phenoxy) is 1. The van der Waals surface area contributed by atoms with Gasteiger partial charge in [-0.25, -0.2) is 12.8 Å². The van der Waals surface area contributed by atoms with Crippen molar-refractivity contribution < 1.29 is 30.7 Å². The number of halogens is 4. The Labute approximate surface area is 123 Å². The number of alkyl halides is 3. The highest BCUT2D eigenvalue weighted by molar-refractivity contribution is 7.92. The van der Waals surface area contributed by atoms with Gasteiger partial charge in [0, 0.05) is 0 Å². The van der Waals surface area contributed by atoms with Crippen LogP contribution >= 0.6 is 0 Å². The summed E-state index contributed by atoms with van der Waals surface area (Å²) in [4.78, 5) is -0.296. The minimum absolute atomic E-state index is 0.296. The van der Waals surface area contributed by atoms with E-state index in [1.54, 1.807) is 0 Å².